The molecule has 0 atom stereocenters. The molecule has 134 valence electrons. The summed E-state index contributed by atoms with van der Waals surface area (Å²) in [5, 5.41) is 2.33. The summed E-state index contributed by atoms with van der Waals surface area (Å²) in [6.45, 7) is 0. The van der Waals surface area contributed by atoms with Gasteiger partial charge in [0.1, 0.15) is 11.6 Å². The van der Waals surface area contributed by atoms with Gasteiger partial charge in [0.05, 0.1) is 15.6 Å². The van der Waals surface area contributed by atoms with Gasteiger partial charge in [-0.05, 0) is 52.9 Å². The Hall–Kier alpha value is -1.63. The number of amides is 1. The molecule has 0 heterocycles. The highest BCUT2D eigenvalue weighted by molar-refractivity contribution is 14.1. The Morgan fingerprint density at radius 1 is 1.20 bits per heavy atom. The monoisotopic (exact) mass is 482 g/mol. The number of rotatable bonds is 5. The lowest BCUT2D eigenvalue weighted by Crippen LogP contribution is -2.26. The largest absolute Gasteiger partial charge is 0.322 e. The zero-order valence-corrected chi connectivity index (χ0v) is 16.1. The van der Waals surface area contributed by atoms with E-state index >= 15 is 0 Å². The van der Waals surface area contributed by atoms with Gasteiger partial charge in [0.25, 0.3) is 15.9 Å². The van der Waals surface area contributed by atoms with E-state index in [1.165, 1.54) is 54.9 Å². The van der Waals surface area contributed by atoms with E-state index in [0.29, 0.717) is 4.47 Å². The standard InChI is InChI=1S/C15H13F2IN2O4S/c1-20(24-2)25(22,23)11-5-3-4-9(6-11)15(21)19-10-7-12(16)14(18)13(17)8-10/h3-8H,1-2H3,(H,19,21). The lowest BCUT2D eigenvalue weighted by molar-refractivity contribution is -0.0258. The molecule has 1 N–H and O–H groups in total. The quantitative estimate of drug-likeness (QED) is 0.404. The Bertz CT molecular complexity index is 898. The molecule has 25 heavy (non-hydrogen) atoms. The zero-order chi connectivity index (χ0) is 18.8. The highest BCUT2D eigenvalue weighted by atomic mass is 127. The van der Waals surface area contributed by atoms with Crippen molar-refractivity contribution in [2.75, 3.05) is 19.5 Å². The lowest BCUT2D eigenvalue weighted by atomic mass is 10.2. The maximum Gasteiger partial charge on any atom is 0.264 e. The molecule has 6 nitrogen and oxygen atoms in total. The fourth-order valence-electron chi connectivity index (χ4n) is 1.88. The van der Waals surface area contributed by atoms with Crippen LogP contribution in [-0.4, -0.2) is 33.0 Å². The highest BCUT2D eigenvalue weighted by Crippen LogP contribution is 2.22. The first-order valence-electron chi connectivity index (χ1n) is 6.76. The van der Waals surface area contributed by atoms with Crippen molar-refractivity contribution in [3.8, 4) is 0 Å². The van der Waals surface area contributed by atoms with Crippen molar-refractivity contribution < 1.29 is 26.8 Å². The number of nitrogens with one attached hydrogen (secondary N) is 1. The number of hydrogen-bond donors (Lipinski definition) is 1. The summed E-state index contributed by atoms with van der Waals surface area (Å²) >= 11 is 1.51. The van der Waals surface area contributed by atoms with Gasteiger partial charge in [0.15, 0.2) is 0 Å². The third-order valence-corrected chi connectivity index (χ3v) is 5.94. The summed E-state index contributed by atoms with van der Waals surface area (Å²) in [6.07, 6.45) is 0. The molecule has 0 bridgehead atoms. The number of benzene rings is 2. The Morgan fingerprint density at radius 3 is 2.36 bits per heavy atom. The molecule has 0 aromatic heterocycles. The van der Waals surface area contributed by atoms with Crippen molar-refractivity contribution in [1.29, 1.82) is 0 Å². The number of anilines is 1. The van der Waals surface area contributed by atoms with Crippen LogP contribution in [0.2, 0.25) is 0 Å². The Balaban J connectivity index is 2.31. The summed E-state index contributed by atoms with van der Waals surface area (Å²) in [7, 11) is -1.53. The topological polar surface area (TPSA) is 75.7 Å². The van der Waals surface area contributed by atoms with Crippen LogP contribution in [-0.2, 0) is 14.9 Å². The minimum atomic E-state index is -3.93. The average molecular weight is 482 g/mol. The molecule has 0 radical (unpaired) electrons. The van der Waals surface area contributed by atoms with Crippen molar-refractivity contribution in [3.63, 3.8) is 0 Å². The molecular formula is C15H13F2IN2O4S. The molecule has 0 aliphatic rings. The average Bonchev–Trinajstić information content (AvgIpc) is 2.58. The molecule has 0 aliphatic heterocycles. The van der Waals surface area contributed by atoms with Gasteiger partial charge in [-0.1, -0.05) is 10.5 Å². The van der Waals surface area contributed by atoms with E-state index in [9.17, 15) is 22.0 Å². The molecule has 0 fully saturated rings. The number of carbonyl (C=O) groups excluding carboxylic acids is 1. The molecule has 10 heteroatoms. The highest BCUT2D eigenvalue weighted by Gasteiger charge is 2.22. The first-order chi connectivity index (χ1) is 11.7. The van der Waals surface area contributed by atoms with E-state index in [2.05, 4.69) is 10.2 Å². The Kier molecular flexibility index (Phi) is 6.08. The van der Waals surface area contributed by atoms with Crippen molar-refractivity contribution in [3.05, 3.63) is 57.2 Å². The number of nitrogens with zero attached hydrogens (tertiary/aromatic N) is 1. The predicted octanol–water partition coefficient (Wildman–Crippen LogP) is 3.00. The second-order valence-corrected chi connectivity index (χ2v) is 7.85. The van der Waals surface area contributed by atoms with Crippen LogP contribution in [0.1, 0.15) is 10.4 Å². The van der Waals surface area contributed by atoms with E-state index in [0.717, 1.165) is 18.2 Å². The molecular weight excluding hydrogens is 469 g/mol. The number of carbonyl (C=O) groups is 1. The van der Waals surface area contributed by atoms with Gasteiger partial charge in [0.2, 0.25) is 0 Å². The van der Waals surface area contributed by atoms with E-state index in [1.807, 2.05) is 0 Å². The second-order valence-electron chi connectivity index (χ2n) is 4.83. The van der Waals surface area contributed by atoms with Crippen LogP contribution in [0.25, 0.3) is 0 Å². The lowest BCUT2D eigenvalue weighted by Gasteiger charge is -2.14. The SMILES string of the molecule is CON(C)S(=O)(=O)c1cccc(C(=O)Nc2cc(F)c(I)c(F)c2)c1. The fraction of sp³-hybridized carbons (Fsp3) is 0.133. The smallest absolute Gasteiger partial charge is 0.264 e. The molecule has 0 saturated carbocycles. The van der Waals surface area contributed by atoms with Crippen LogP contribution in [0, 0.1) is 15.2 Å². The van der Waals surface area contributed by atoms with E-state index in [-0.39, 0.29) is 19.7 Å². The molecule has 2 rings (SSSR count). The number of hydroxylamine groups is 1. The van der Waals surface area contributed by atoms with Gasteiger partial charge < -0.3 is 5.32 Å². The van der Waals surface area contributed by atoms with Gasteiger partial charge in [-0.15, -0.1) is 0 Å². The Morgan fingerprint density at radius 2 is 1.80 bits per heavy atom. The summed E-state index contributed by atoms with van der Waals surface area (Å²) in [6, 6.07) is 7.14. The number of halogens is 3. The minimum absolute atomic E-state index is 0.00458. The van der Waals surface area contributed by atoms with Crippen LogP contribution in [0.3, 0.4) is 0 Å². The van der Waals surface area contributed by atoms with Gasteiger partial charge in [-0.3, -0.25) is 9.63 Å². The maximum atomic E-state index is 13.5. The minimum Gasteiger partial charge on any atom is -0.322 e. The van der Waals surface area contributed by atoms with Crippen LogP contribution in [0.4, 0.5) is 14.5 Å². The third kappa shape index (κ3) is 4.32. The molecule has 1 amide bonds. The predicted molar refractivity (Wildman–Crippen MR) is 95.4 cm³/mol. The van der Waals surface area contributed by atoms with Crippen molar-refractivity contribution >= 4 is 44.2 Å². The van der Waals surface area contributed by atoms with Gasteiger partial charge >= 0.3 is 0 Å². The van der Waals surface area contributed by atoms with Gasteiger partial charge in [0, 0.05) is 18.3 Å². The first kappa shape index (κ1) is 19.7. The summed E-state index contributed by atoms with van der Waals surface area (Å²) in [5.41, 5.74) is -0.0763. The summed E-state index contributed by atoms with van der Waals surface area (Å²) in [5.74, 6) is -2.33. The summed E-state index contributed by atoms with van der Waals surface area (Å²) < 4.78 is 51.9. The van der Waals surface area contributed by atoms with Crippen LogP contribution >= 0.6 is 22.6 Å². The van der Waals surface area contributed by atoms with Crippen LogP contribution in [0.15, 0.2) is 41.3 Å². The number of sulfonamides is 1. The van der Waals surface area contributed by atoms with Gasteiger partial charge in [-0.2, -0.15) is 0 Å². The Labute approximate surface area is 156 Å². The van der Waals surface area contributed by atoms with E-state index in [1.54, 1.807) is 0 Å². The van der Waals surface area contributed by atoms with Crippen LogP contribution in [0.5, 0.6) is 0 Å². The molecule has 0 unspecified atom stereocenters. The zero-order valence-electron chi connectivity index (χ0n) is 13.1. The molecule has 0 aliphatic carbocycles. The molecule has 0 saturated heterocycles. The normalized spacial score (nSPS) is 11.6. The fourth-order valence-corrected chi connectivity index (χ4v) is 3.21. The van der Waals surface area contributed by atoms with Crippen molar-refractivity contribution in [2.24, 2.45) is 0 Å². The second kappa shape index (κ2) is 7.72. The first-order valence-corrected chi connectivity index (χ1v) is 9.27. The third-order valence-electron chi connectivity index (χ3n) is 3.23. The van der Waals surface area contributed by atoms with E-state index < -0.39 is 27.6 Å². The maximum absolute atomic E-state index is 13.5. The number of hydrogen-bond acceptors (Lipinski definition) is 4. The summed E-state index contributed by atoms with van der Waals surface area (Å²) in [4.78, 5) is 16.7. The van der Waals surface area contributed by atoms with Gasteiger partial charge in [-0.25, -0.2) is 17.2 Å². The van der Waals surface area contributed by atoms with Crippen LogP contribution < -0.4 is 5.32 Å². The molecule has 2 aromatic rings. The van der Waals surface area contributed by atoms with Crippen molar-refractivity contribution in [2.45, 2.75) is 4.90 Å². The molecule has 0 spiro atoms. The van der Waals surface area contributed by atoms with Crippen molar-refractivity contribution in [1.82, 2.24) is 4.47 Å². The van der Waals surface area contributed by atoms with E-state index in [4.69, 9.17) is 0 Å². The molecule has 2 aromatic carbocycles.